The summed E-state index contributed by atoms with van der Waals surface area (Å²) in [6.07, 6.45) is 5.66. The van der Waals surface area contributed by atoms with E-state index in [2.05, 4.69) is 28.8 Å². The third-order valence-electron chi connectivity index (χ3n) is 6.58. The molecule has 5 heterocycles. The molecule has 1 fully saturated rings. The van der Waals surface area contributed by atoms with Crippen molar-refractivity contribution in [1.82, 2.24) is 19.1 Å². The summed E-state index contributed by atoms with van der Waals surface area (Å²) in [4.78, 5) is 22.6. The largest absolute Gasteiger partial charge is 0.381 e. The van der Waals surface area contributed by atoms with Crippen molar-refractivity contribution in [2.24, 2.45) is 0 Å². The van der Waals surface area contributed by atoms with Crippen LogP contribution in [0.2, 0.25) is 0 Å². The summed E-state index contributed by atoms with van der Waals surface area (Å²) in [6, 6.07) is 18.7. The number of benzene rings is 1. The number of pyridine rings is 2. The summed E-state index contributed by atoms with van der Waals surface area (Å²) >= 11 is 0. The Hall–Kier alpha value is -3.25. The molecule has 6 heteroatoms. The van der Waals surface area contributed by atoms with Gasteiger partial charge >= 0.3 is 0 Å². The molecule has 156 valence electrons. The van der Waals surface area contributed by atoms with Crippen molar-refractivity contribution in [2.45, 2.75) is 37.8 Å². The Labute approximate surface area is 180 Å². The van der Waals surface area contributed by atoms with Gasteiger partial charge in [0.2, 0.25) is 0 Å². The minimum atomic E-state index is 0.0203. The molecule has 6 rings (SSSR count). The van der Waals surface area contributed by atoms with E-state index in [1.165, 1.54) is 5.56 Å². The highest BCUT2D eigenvalue weighted by Gasteiger charge is 2.28. The summed E-state index contributed by atoms with van der Waals surface area (Å²) in [6.45, 7) is 1.43. The molecule has 31 heavy (non-hydrogen) atoms. The maximum absolute atomic E-state index is 12.8. The Morgan fingerprint density at radius 2 is 1.77 bits per heavy atom. The molecule has 0 radical (unpaired) electrons. The van der Waals surface area contributed by atoms with Gasteiger partial charge in [0.15, 0.2) is 5.65 Å². The van der Waals surface area contributed by atoms with E-state index in [0.29, 0.717) is 13.2 Å². The minimum absolute atomic E-state index is 0.0203. The molecule has 2 aliphatic heterocycles. The lowest BCUT2D eigenvalue weighted by Crippen LogP contribution is -2.28. The summed E-state index contributed by atoms with van der Waals surface area (Å²) in [5.41, 5.74) is 4.77. The fourth-order valence-corrected chi connectivity index (χ4v) is 4.99. The fourth-order valence-electron chi connectivity index (χ4n) is 4.99. The first-order valence-electron chi connectivity index (χ1n) is 11.0. The van der Waals surface area contributed by atoms with Gasteiger partial charge in [-0.05, 0) is 43.0 Å². The Balaban J connectivity index is 1.40. The van der Waals surface area contributed by atoms with Crippen molar-refractivity contribution < 1.29 is 4.74 Å². The number of rotatable bonds is 3. The van der Waals surface area contributed by atoms with Crippen LogP contribution in [0.5, 0.6) is 0 Å². The highest BCUT2D eigenvalue weighted by atomic mass is 16.5. The van der Waals surface area contributed by atoms with E-state index >= 15 is 0 Å². The lowest BCUT2D eigenvalue weighted by atomic mass is 10.0. The molecule has 0 aliphatic carbocycles. The number of nitrogens with zero attached hydrogens (tertiary/aromatic N) is 4. The van der Waals surface area contributed by atoms with Crippen LogP contribution in [-0.2, 0) is 11.2 Å². The monoisotopic (exact) mass is 412 g/mol. The molecule has 2 aliphatic rings. The fraction of sp³-hybridized carbons (Fsp3) is 0.320. The molecule has 0 unspecified atom stereocenters. The van der Waals surface area contributed by atoms with Crippen molar-refractivity contribution in [3.8, 4) is 11.3 Å². The molecule has 1 saturated heterocycles. The quantitative estimate of drug-likeness (QED) is 0.507. The van der Waals surface area contributed by atoms with Crippen LogP contribution < -0.4 is 5.56 Å². The second-order valence-corrected chi connectivity index (χ2v) is 8.41. The lowest BCUT2D eigenvalue weighted by Gasteiger charge is -2.24. The van der Waals surface area contributed by atoms with Gasteiger partial charge in [-0.15, -0.1) is 0 Å². The predicted molar refractivity (Wildman–Crippen MR) is 119 cm³/mol. The molecule has 1 atom stereocenters. The standard InChI is InChI=1S/C25H24N4O2/c30-24-16-18(10-13-28(24)19-11-14-31-15-12-19)20-6-7-21-25(27-20)29-22(8-9-23(29)26-21)17-4-2-1-3-5-17/h1-7,10,13,16,19,22H,8-9,11-12,14-15H2/t22-/m1/s1. The Kier molecular flexibility index (Phi) is 4.46. The first-order valence-corrected chi connectivity index (χ1v) is 11.0. The maximum atomic E-state index is 12.8. The van der Waals surface area contributed by atoms with E-state index in [9.17, 15) is 4.79 Å². The van der Waals surface area contributed by atoms with Crippen molar-refractivity contribution in [3.05, 3.63) is 82.5 Å². The predicted octanol–water partition coefficient (Wildman–Crippen LogP) is 4.15. The number of hydrogen-bond acceptors (Lipinski definition) is 4. The zero-order valence-electron chi connectivity index (χ0n) is 17.3. The van der Waals surface area contributed by atoms with E-state index in [1.54, 1.807) is 6.07 Å². The van der Waals surface area contributed by atoms with Gasteiger partial charge in [-0.2, -0.15) is 0 Å². The third kappa shape index (κ3) is 3.18. The van der Waals surface area contributed by atoms with Gasteiger partial charge in [0.05, 0.1) is 11.7 Å². The van der Waals surface area contributed by atoms with Crippen LogP contribution in [0.4, 0.5) is 0 Å². The molecule has 0 bridgehead atoms. The van der Waals surface area contributed by atoms with Crippen molar-refractivity contribution in [1.29, 1.82) is 0 Å². The molecule has 3 aromatic heterocycles. The van der Waals surface area contributed by atoms with Crippen LogP contribution >= 0.6 is 0 Å². The number of imidazole rings is 1. The van der Waals surface area contributed by atoms with E-state index in [-0.39, 0.29) is 17.6 Å². The lowest BCUT2D eigenvalue weighted by molar-refractivity contribution is 0.0687. The summed E-state index contributed by atoms with van der Waals surface area (Å²) < 4.78 is 9.55. The van der Waals surface area contributed by atoms with Crippen LogP contribution in [-0.4, -0.2) is 32.3 Å². The van der Waals surface area contributed by atoms with E-state index < -0.39 is 0 Å². The summed E-state index contributed by atoms with van der Waals surface area (Å²) in [7, 11) is 0. The molecule has 0 spiro atoms. The topological polar surface area (TPSA) is 61.9 Å². The number of fused-ring (bicyclic) bond motifs is 3. The van der Waals surface area contributed by atoms with Gasteiger partial charge in [-0.3, -0.25) is 4.79 Å². The minimum Gasteiger partial charge on any atom is -0.381 e. The number of ether oxygens (including phenoxy) is 1. The Morgan fingerprint density at radius 1 is 0.935 bits per heavy atom. The van der Waals surface area contributed by atoms with Gasteiger partial charge in [0, 0.05) is 43.5 Å². The van der Waals surface area contributed by atoms with E-state index in [0.717, 1.165) is 53.9 Å². The Bertz CT molecular complexity index is 1300. The SMILES string of the molecule is O=c1cc(-c2ccc3nc4n(c3n2)[C@@H](c2ccccc2)CC4)ccn1C1CCOCC1. The number of hydrogen-bond donors (Lipinski definition) is 0. The van der Waals surface area contributed by atoms with Crippen LogP contribution in [0, 0.1) is 0 Å². The van der Waals surface area contributed by atoms with Gasteiger partial charge in [0.1, 0.15) is 11.3 Å². The average Bonchev–Trinajstić information content (AvgIpc) is 3.39. The first kappa shape index (κ1) is 18.5. The zero-order valence-corrected chi connectivity index (χ0v) is 17.3. The molecule has 6 nitrogen and oxygen atoms in total. The van der Waals surface area contributed by atoms with E-state index in [4.69, 9.17) is 14.7 Å². The van der Waals surface area contributed by atoms with Crippen molar-refractivity contribution in [2.75, 3.05) is 13.2 Å². The number of aromatic nitrogens is 4. The van der Waals surface area contributed by atoms with Crippen LogP contribution in [0.15, 0.2) is 65.6 Å². The maximum Gasteiger partial charge on any atom is 0.251 e. The van der Waals surface area contributed by atoms with Gasteiger partial charge < -0.3 is 13.9 Å². The third-order valence-corrected chi connectivity index (χ3v) is 6.58. The van der Waals surface area contributed by atoms with E-state index in [1.807, 2.05) is 35.0 Å². The van der Waals surface area contributed by atoms with Gasteiger partial charge in [-0.25, -0.2) is 9.97 Å². The highest BCUT2D eigenvalue weighted by Crippen LogP contribution is 2.35. The van der Waals surface area contributed by atoms with Crippen molar-refractivity contribution >= 4 is 11.2 Å². The Morgan fingerprint density at radius 3 is 2.58 bits per heavy atom. The average molecular weight is 412 g/mol. The molecule has 0 amide bonds. The summed E-state index contributed by atoms with van der Waals surface area (Å²) in [5, 5.41) is 0. The number of aryl methyl sites for hydroxylation is 1. The molecule has 1 aromatic carbocycles. The zero-order chi connectivity index (χ0) is 20.8. The van der Waals surface area contributed by atoms with Crippen LogP contribution in [0.3, 0.4) is 0 Å². The first-order chi connectivity index (χ1) is 15.3. The second kappa shape index (κ2) is 7.46. The molecular weight excluding hydrogens is 388 g/mol. The van der Waals surface area contributed by atoms with Crippen LogP contribution in [0.25, 0.3) is 22.4 Å². The molecule has 0 N–H and O–H groups in total. The second-order valence-electron chi connectivity index (χ2n) is 8.41. The van der Waals surface area contributed by atoms with Gasteiger partial charge in [0.25, 0.3) is 5.56 Å². The summed E-state index contributed by atoms with van der Waals surface area (Å²) in [5.74, 6) is 1.09. The molecule has 4 aromatic rings. The normalized spacial score (nSPS) is 19.0. The molecular formula is C25H24N4O2. The molecule has 0 saturated carbocycles. The van der Waals surface area contributed by atoms with Crippen molar-refractivity contribution in [3.63, 3.8) is 0 Å². The van der Waals surface area contributed by atoms with Gasteiger partial charge in [-0.1, -0.05) is 30.3 Å². The van der Waals surface area contributed by atoms with Crippen LogP contribution in [0.1, 0.15) is 42.7 Å². The smallest absolute Gasteiger partial charge is 0.251 e. The highest BCUT2D eigenvalue weighted by molar-refractivity contribution is 5.76.